The van der Waals surface area contributed by atoms with Gasteiger partial charge in [0.25, 0.3) is 0 Å². The number of nitrogens with one attached hydrogen (secondary N) is 1. The molecule has 1 aromatic carbocycles. The highest BCUT2D eigenvalue weighted by Gasteiger charge is 2.22. The molecule has 1 atom stereocenters. The fraction of sp³-hybridized carbons (Fsp3) is 0.500. The molecule has 0 aromatic heterocycles. The molecule has 0 radical (unpaired) electrons. The summed E-state index contributed by atoms with van der Waals surface area (Å²) in [5.41, 5.74) is 2.01. The zero-order valence-corrected chi connectivity index (χ0v) is 13.2. The summed E-state index contributed by atoms with van der Waals surface area (Å²) in [6.45, 7) is 2.12. The van der Waals surface area contributed by atoms with Gasteiger partial charge in [0, 0.05) is 12.8 Å². The number of hydrogen-bond acceptors (Lipinski definition) is 4. The lowest BCUT2D eigenvalue weighted by Gasteiger charge is -2.24. The van der Waals surface area contributed by atoms with Crippen molar-refractivity contribution in [1.29, 1.82) is 0 Å². The summed E-state index contributed by atoms with van der Waals surface area (Å²) in [6, 6.07) is 7.31. The fourth-order valence-electron chi connectivity index (χ4n) is 1.89. The Kier molecular flexibility index (Phi) is 5.71. The van der Waals surface area contributed by atoms with Crippen molar-refractivity contribution in [2.45, 2.75) is 13.0 Å². The third kappa shape index (κ3) is 5.30. The summed E-state index contributed by atoms with van der Waals surface area (Å²) >= 11 is 0. The van der Waals surface area contributed by atoms with Crippen molar-refractivity contribution in [2.24, 2.45) is 0 Å². The molecule has 1 rings (SSSR count). The van der Waals surface area contributed by atoms with Crippen LogP contribution in [-0.4, -0.2) is 51.9 Å². The number of sulfone groups is 1. The molecule has 20 heavy (non-hydrogen) atoms. The number of carbonyl (C=O) groups excluding carboxylic acids is 1. The molecule has 0 spiro atoms. The fourth-order valence-corrected chi connectivity index (χ4v) is 2.36. The van der Waals surface area contributed by atoms with Crippen molar-refractivity contribution in [2.75, 3.05) is 32.6 Å². The zero-order valence-electron chi connectivity index (χ0n) is 12.4. The molecule has 6 heteroatoms. The van der Waals surface area contributed by atoms with Crippen LogP contribution in [0.2, 0.25) is 0 Å². The second-order valence-corrected chi connectivity index (χ2v) is 7.46. The van der Waals surface area contributed by atoms with E-state index in [0.717, 1.165) is 17.4 Å². The van der Waals surface area contributed by atoms with Gasteiger partial charge in [-0.1, -0.05) is 29.8 Å². The molecule has 0 saturated heterocycles. The molecular weight excluding hydrogens is 276 g/mol. The predicted molar refractivity (Wildman–Crippen MR) is 80.3 cm³/mol. The van der Waals surface area contributed by atoms with Gasteiger partial charge < -0.3 is 5.32 Å². The van der Waals surface area contributed by atoms with Crippen molar-refractivity contribution >= 4 is 15.7 Å². The predicted octanol–water partition coefficient (Wildman–Crippen LogP) is 0.759. The van der Waals surface area contributed by atoms with Crippen molar-refractivity contribution in [3.05, 3.63) is 35.4 Å². The first-order valence-electron chi connectivity index (χ1n) is 6.39. The summed E-state index contributed by atoms with van der Waals surface area (Å²) in [5, 5.41) is 2.67. The van der Waals surface area contributed by atoms with Crippen LogP contribution in [0.1, 0.15) is 17.2 Å². The van der Waals surface area contributed by atoms with Crippen LogP contribution in [0, 0.1) is 6.92 Å². The largest absolute Gasteiger partial charge is 0.353 e. The van der Waals surface area contributed by atoms with E-state index in [4.69, 9.17) is 0 Å². The van der Waals surface area contributed by atoms with Crippen molar-refractivity contribution in [3.63, 3.8) is 0 Å². The van der Waals surface area contributed by atoms with Gasteiger partial charge in [0.15, 0.2) is 0 Å². The minimum atomic E-state index is -3.06. The van der Waals surface area contributed by atoms with Gasteiger partial charge in [-0.05, 0) is 26.6 Å². The van der Waals surface area contributed by atoms with Gasteiger partial charge in [0.1, 0.15) is 15.9 Å². The Morgan fingerprint density at radius 3 is 2.25 bits per heavy atom. The summed E-state index contributed by atoms with van der Waals surface area (Å²) in [6.07, 6.45) is 1.16. The molecule has 1 aromatic rings. The van der Waals surface area contributed by atoms with E-state index >= 15 is 0 Å². The van der Waals surface area contributed by atoms with Crippen LogP contribution >= 0.6 is 0 Å². The Labute approximate surface area is 120 Å². The summed E-state index contributed by atoms with van der Waals surface area (Å²) in [7, 11) is 0.576. The molecule has 0 heterocycles. The van der Waals surface area contributed by atoms with Crippen molar-refractivity contribution in [3.8, 4) is 0 Å². The minimum Gasteiger partial charge on any atom is -0.353 e. The first kappa shape index (κ1) is 16.7. The van der Waals surface area contributed by atoms with Crippen LogP contribution in [0.4, 0.5) is 0 Å². The molecule has 0 fully saturated rings. The lowest BCUT2D eigenvalue weighted by atomic mass is 10.0. The smallest absolute Gasteiger partial charge is 0.241 e. The summed E-state index contributed by atoms with van der Waals surface area (Å²) in [4.78, 5) is 14.0. The summed E-state index contributed by atoms with van der Waals surface area (Å²) < 4.78 is 22.1. The Bertz CT molecular complexity index is 550. The molecule has 0 bridgehead atoms. The van der Waals surface area contributed by atoms with Crippen LogP contribution in [0.25, 0.3) is 0 Å². The van der Waals surface area contributed by atoms with Gasteiger partial charge in [-0.3, -0.25) is 9.69 Å². The monoisotopic (exact) mass is 298 g/mol. The number of carbonyl (C=O) groups is 1. The molecule has 0 aliphatic rings. The molecule has 0 aliphatic carbocycles. The second-order valence-electron chi connectivity index (χ2n) is 5.20. The lowest BCUT2D eigenvalue weighted by molar-refractivity contribution is -0.125. The molecule has 0 saturated carbocycles. The molecular formula is C14H22N2O3S. The maximum atomic E-state index is 12.2. The first-order chi connectivity index (χ1) is 9.20. The van der Waals surface area contributed by atoms with Gasteiger partial charge >= 0.3 is 0 Å². The first-order valence-corrected chi connectivity index (χ1v) is 8.45. The zero-order chi connectivity index (χ0) is 15.3. The van der Waals surface area contributed by atoms with E-state index in [1.165, 1.54) is 0 Å². The SMILES string of the molecule is Cc1ccc([C@H](C(=O)NCCS(C)(=O)=O)N(C)C)cc1. The lowest BCUT2D eigenvalue weighted by Crippen LogP contribution is -2.38. The van der Waals surface area contributed by atoms with Gasteiger partial charge in [-0.15, -0.1) is 0 Å². The number of amides is 1. The molecule has 1 amide bonds. The molecule has 112 valence electrons. The number of nitrogens with zero attached hydrogens (tertiary/aromatic N) is 1. The number of aryl methyl sites for hydroxylation is 1. The van der Waals surface area contributed by atoms with Crippen LogP contribution < -0.4 is 5.32 Å². The highest BCUT2D eigenvalue weighted by Crippen LogP contribution is 2.18. The standard InChI is InChI=1S/C14H22N2O3S/c1-11-5-7-12(8-6-11)13(16(2)3)14(17)15-9-10-20(4,18)19/h5-8,13H,9-10H2,1-4H3,(H,15,17)/t13-/m1/s1. The van der Waals surface area contributed by atoms with Crippen LogP contribution in [0.5, 0.6) is 0 Å². The third-order valence-corrected chi connectivity index (χ3v) is 3.88. The van der Waals surface area contributed by atoms with E-state index < -0.39 is 15.9 Å². The Hall–Kier alpha value is -1.40. The van der Waals surface area contributed by atoms with E-state index in [2.05, 4.69) is 5.32 Å². The number of likely N-dealkylation sites (N-methyl/N-ethyl adjacent to an activating group) is 1. The molecule has 0 aliphatic heterocycles. The number of rotatable bonds is 6. The van der Waals surface area contributed by atoms with E-state index in [-0.39, 0.29) is 18.2 Å². The highest BCUT2D eigenvalue weighted by atomic mass is 32.2. The maximum absolute atomic E-state index is 12.2. The third-order valence-electron chi connectivity index (χ3n) is 2.93. The quantitative estimate of drug-likeness (QED) is 0.842. The Balaban J connectivity index is 2.76. The van der Waals surface area contributed by atoms with E-state index in [0.29, 0.717) is 0 Å². The van der Waals surface area contributed by atoms with E-state index in [1.54, 1.807) is 4.90 Å². The Morgan fingerprint density at radius 2 is 1.80 bits per heavy atom. The Morgan fingerprint density at radius 1 is 1.25 bits per heavy atom. The molecule has 5 nitrogen and oxygen atoms in total. The van der Waals surface area contributed by atoms with Gasteiger partial charge in [-0.25, -0.2) is 8.42 Å². The maximum Gasteiger partial charge on any atom is 0.241 e. The van der Waals surface area contributed by atoms with Crippen LogP contribution in [0.3, 0.4) is 0 Å². The minimum absolute atomic E-state index is 0.0488. The normalized spacial score (nSPS) is 13.2. The van der Waals surface area contributed by atoms with E-state index in [1.807, 2.05) is 45.3 Å². The van der Waals surface area contributed by atoms with Crippen LogP contribution in [0.15, 0.2) is 24.3 Å². The van der Waals surface area contributed by atoms with Crippen molar-refractivity contribution in [1.82, 2.24) is 10.2 Å². The average Bonchev–Trinajstić information content (AvgIpc) is 2.30. The summed E-state index contributed by atoms with van der Waals surface area (Å²) in [5.74, 6) is -0.241. The van der Waals surface area contributed by atoms with Gasteiger partial charge in [-0.2, -0.15) is 0 Å². The number of benzene rings is 1. The highest BCUT2D eigenvalue weighted by molar-refractivity contribution is 7.90. The van der Waals surface area contributed by atoms with Crippen LogP contribution in [-0.2, 0) is 14.6 Å². The van der Waals surface area contributed by atoms with Crippen molar-refractivity contribution < 1.29 is 13.2 Å². The second kappa shape index (κ2) is 6.85. The molecule has 1 N–H and O–H groups in total. The topological polar surface area (TPSA) is 66.5 Å². The number of hydrogen-bond donors (Lipinski definition) is 1. The van der Waals surface area contributed by atoms with E-state index in [9.17, 15) is 13.2 Å². The van der Waals surface area contributed by atoms with Gasteiger partial charge in [0.2, 0.25) is 5.91 Å². The molecule has 0 unspecified atom stereocenters. The van der Waals surface area contributed by atoms with Gasteiger partial charge in [0.05, 0.1) is 5.75 Å². The average molecular weight is 298 g/mol.